The molecule has 0 aliphatic rings. The van der Waals surface area contributed by atoms with Crippen LogP contribution in [0.5, 0.6) is 0 Å². The van der Waals surface area contributed by atoms with Crippen LogP contribution in [-0.4, -0.2) is 11.4 Å². The van der Waals surface area contributed by atoms with Gasteiger partial charge in [0.25, 0.3) is 0 Å². The predicted molar refractivity (Wildman–Crippen MR) is 62.4 cm³/mol. The molecule has 0 N–H and O–H groups in total. The molecule has 0 radical (unpaired) electrons. The molecule has 3 nitrogen and oxygen atoms in total. The minimum absolute atomic E-state index is 0.0453. The van der Waals surface area contributed by atoms with Crippen molar-refractivity contribution in [2.75, 3.05) is 0 Å². The van der Waals surface area contributed by atoms with E-state index in [0.717, 1.165) is 0 Å². The first kappa shape index (κ1) is 11.5. The zero-order chi connectivity index (χ0) is 11.7. The van der Waals surface area contributed by atoms with Crippen LogP contribution in [0.1, 0.15) is 10.4 Å². The number of benzene rings is 1. The van der Waals surface area contributed by atoms with E-state index in [1.807, 2.05) is 0 Å². The summed E-state index contributed by atoms with van der Waals surface area (Å²) in [7, 11) is 0. The van der Waals surface area contributed by atoms with Crippen molar-refractivity contribution in [2.24, 2.45) is 0 Å². The first-order valence-corrected chi connectivity index (χ1v) is 5.32. The van der Waals surface area contributed by atoms with Gasteiger partial charge in [-0.3, -0.25) is 4.79 Å². The van der Waals surface area contributed by atoms with E-state index < -0.39 is 0 Å². The number of hydrogen-bond acceptors (Lipinski definition) is 3. The van der Waals surface area contributed by atoms with Gasteiger partial charge in [0.2, 0.25) is 5.22 Å². The molecule has 1 aromatic heterocycles. The van der Waals surface area contributed by atoms with Crippen molar-refractivity contribution in [3.8, 4) is 11.3 Å². The fourth-order valence-electron chi connectivity index (χ4n) is 1.23. The highest BCUT2D eigenvalue weighted by Gasteiger charge is 2.16. The normalized spacial score (nSPS) is 10.4. The molecule has 0 spiro atoms. The number of nitrogens with zero attached hydrogens (tertiary/aromatic N) is 1. The predicted octanol–water partition coefficient (Wildman–Crippen LogP) is 4.11. The van der Waals surface area contributed by atoms with Crippen LogP contribution in [0.25, 0.3) is 11.3 Å². The van der Waals surface area contributed by atoms with Gasteiger partial charge in [-0.15, -0.1) is 0 Å². The highest BCUT2D eigenvalue weighted by Crippen LogP contribution is 2.31. The van der Waals surface area contributed by atoms with Crippen LogP contribution in [0.2, 0.25) is 15.3 Å². The molecular weight excluding hydrogens is 272 g/mol. The molecule has 82 valence electrons. The van der Waals surface area contributed by atoms with Gasteiger partial charge in [0.05, 0.1) is 10.0 Å². The average molecular weight is 277 g/mol. The summed E-state index contributed by atoms with van der Waals surface area (Å²) in [6, 6.07) is 4.87. The molecule has 0 saturated carbocycles. The Kier molecular flexibility index (Phi) is 3.19. The topological polar surface area (TPSA) is 43.1 Å². The summed E-state index contributed by atoms with van der Waals surface area (Å²) in [4.78, 5) is 10.8. The van der Waals surface area contributed by atoms with Gasteiger partial charge in [-0.2, -0.15) is 0 Å². The summed E-state index contributed by atoms with van der Waals surface area (Å²) in [6.07, 6.45) is 0.580. The van der Waals surface area contributed by atoms with Crippen LogP contribution in [0.4, 0.5) is 0 Å². The summed E-state index contributed by atoms with van der Waals surface area (Å²) in [5.74, 6) is 0. The fourth-order valence-corrected chi connectivity index (χ4v) is 1.70. The van der Waals surface area contributed by atoms with Gasteiger partial charge in [-0.25, -0.2) is 0 Å². The minimum atomic E-state index is -0.0453. The first-order valence-electron chi connectivity index (χ1n) is 4.19. The maximum Gasteiger partial charge on any atom is 0.237 e. The molecule has 6 heteroatoms. The highest BCUT2D eigenvalue weighted by molar-refractivity contribution is 6.42. The molecule has 0 atom stereocenters. The second-order valence-electron chi connectivity index (χ2n) is 2.97. The largest absolute Gasteiger partial charge is 0.343 e. The molecule has 1 aromatic carbocycles. The van der Waals surface area contributed by atoms with Gasteiger partial charge >= 0.3 is 0 Å². The zero-order valence-corrected chi connectivity index (χ0v) is 9.97. The van der Waals surface area contributed by atoms with Gasteiger partial charge in [0, 0.05) is 5.56 Å². The van der Waals surface area contributed by atoms with Crippen LogP contribution < -0.4 is 0 Å². The van der Waals surface area contributed by atoms with E-state index in [1.165, 1.54) is 0 Å². The quantitative estimate of drug-likeness (QED) is 0.775. The molecule has 0 bridgehead atoms. The van der Waals surface area contributed by atoms with Crippen LogP contribution in [0, 0.1) is 0 Å². The van der Waals surface area contributed by atoms with E-state index in [1.54, 1.807) is 18.2 Å². The van der Waals surface area contributed by atoms with E-state index in [-0.39, 0.29) is 10.8 Å². The summed E-state index contributed by atoms with van der Waals surface area (Å²) in [6.45, 7) is 0. The highest BCUT2D eigenvalue weighted by atomic mass is 35.5. The number of halogens is 3. The smallest absolute Gasteiger partial charge is 0.237 e. The molecule has 0 saturated heterocycles. The van der Waals surface area contributed by atoms with Gasteiger partial charge in [0.1, 0.15) is 11.3 Å². The van der Waals surface area contributed by atoms with Crippen molar-refractivity contribution in [1.82, 2.24) is 5.16 Å². The van der Waals surface area contributed by atoms with Crippen molar-refractivity contribution in [3.05, 3.63) is 39.0 Å². The lowest BCUT2D eigenvalue weighted by Gasteiger charge is -1.99. The molecule has 2 rings (SSSR count). The monoisotopic (exact) mass is 275 g/mol. The standard InChI is InChI=1S/C10H4Cl3NO2/c11-7-2-1-5(3-8(7)12)9-6(4-15)10(13)16-14-9/h1-4H. The number of carbonyl (C=O) groups is 1. The van der Waals surface area contributed by atoms with Gasteiger partial charge in [0.15, 0.2) is 6.29 Å². The Morgan fingerprint density at radius 1 is 1.19 bits per heavy atom. The summed E-state index contributed by atoms with van der Waals surface area (Å²) in [5, 5.41) is 4.44. The maximum atomic E-state index is 10.8. The van der Waals surface area contributed by atoms with Crippen molar-refractivity contribution in [2.45, 2.75) is 0 Å². The van der Waals surface area contributed by atoms with Crippen LogP contribution in [0.15, 0.2) is 22.7 Å². The Hall–Kier alpha value is -1.03. The van der Waals surface area contributed by atoms with Crippen molar-refractivity contribution >= 4 is 41.1 Å². The lowest BCUT2D eigenvalue weighted by Crippen LogP contribution is -1.85. The maximum absolute atomic E-state index is 10.8. The fraction of sp³-hybridized carbons (Fsp3) is 0. The Balaban J connectivity index is 2.58. The van der Waals surface area contributed by atoms with Gasteiger partial charge < -0.3 is 4.52 Å². The van der Waals surface area contributed by atoms with Crippen molar-refractivity contribution in [1.29, 1.82) is 0 Å². The van der Waals surface area contributed by atoms with Gasteiger partial charge in [-0.05, 0) is 23.7 Å². The molecule has 2 aromatic rings. The Morgan fingerprint density at radius 3 is 2.56 bits per heavy atom. The number of rotatable bonds is 2. The van der Waals surface area contributed by atoms with Crippen LogP contribution in [-0.2, 0) is 0 Å². The molecule has 0 amide bonds. The second-order valence-corrected chi connectivity index (χ2v) is 4.12. The summed E-state index contributed by atoms with van der Waals surface area (Å²) in [5.41, 5.74) is 1.16. The third-order valence-electron chi connectivity index (χ3n) is 1.99. The summed E-state index contributed by atoms with van der Waals surface area (Å²) < 4.78 is 4.72. The summed E-state index contributed by atoms with van der Waals surface area (Å²) >= 11 is 17.3. The zero-order valence-electron chi connectivity index (χ0n) is 7.71. The molecule has 0 aliphatic carbocycles. The second kappa shape index (κ2) is 4.45. The van der Waals surface area contributed by atoms with E-state index in [0.29, 0.717) is 27.6 Å². The Bertz CT molecular complexity index is 551. The van der Waals surface area contributed by atoms with E-state index in [9.17, 15) is 4.79 Å². The number of carbonyl (C=O) groups excluding carboxylic acids is 1. The Morgan fingerprint density at radius 2 is 1.94 bits per heavy atom. The number of aromatic nitrogens is 1. The SMILES string of the molecule is O=Cc1c(-c2ccc(Cl)c(Cl)c2)noc1Cl. The van der Waals surface area contributed by atoms with E-state index >= 15 is 0 Å². The third-order valence-corrected chi connectivity index (χ3v) is 3.01. The number of aldehydes is 1. The molecule has 0 aliphatic heterocycles. The average Bonchev–Trinajstić information content (AvgIpc) is 2.63. The third kappa shape index (κ3) is 1.94. The molecule has 16 heavy (non-hydrogen) atoms. The number of hydrogen-bond donors (Lipinski definition) is 0. The lowest BCUT2D eigenvalue weighted by atomic mass is 10.1. The lowest BCUT2D eigenvalue weighted by molar-refractivity contribution is 0.112. The Labute approximate surface area is 106 Å². The molecule has 0 unspecified atom stereocenters. The van der Waals surface area contributed by atoms with E-state index in [4.69, 9.17) is 39.3 Å². The van der Waals surface area contributed by atoms with Crippen LogP contribution >= 0.6 is 34.8 Å². The van der Waals surface area contributed by atoms with E-state index in [2.05, 4.69) is 5.16 Å². The minimum Gasteiger partial charge on any atom is -0.343 e. The molecule has 0 fully saturated rings. The van der Waals surface area contributed by atoms with Gasteiger partial charge in [-0.1, -0.05) is 34.4 Å². The molecular formula is C10H4Cl3NO2. The van der Waals surface area contributed by atoms with Crippen LogP contribution in [0.3, 0.4) is 0 Å². The van der Waals surface area contributed by atoms with Crippen molar-refractivity contribution in [3.63, 3.8) is 0 Å². The first-order chi connectivity index (χ1) is 7.63. The van der Waals surface area contributed by atoms with Crippen molar-refractivity contribution < 1.29 is 9.32 Å². The molecule has 1 heterocycles.